The van der Waals surface area contributed by atoms with E-state index in [4.69, 9.17) is 9.47 Å². The van der Waals surface area contributed by atoms with Gasteiger partial charge >= 0.3 is 0 Å². The second-order valence-corrected chi connectivity index (χ2v) is 6.75. The van der Waals surface area contributed by atoms with Crippen LogP contribution in [-0.4, -0.2) is 28.7 Å². The van der Waals surface area contributed by atoms with E-state index < -0.39 is 0 Å². The molecule has 0 aliphatic heterocycles. The Balaban J connectivity index is 1.89. The van der Waals surface area contributed by atoms with Crippen molar-refractivity contribution in [2.75, 3.05) is 7.11 Å². The molecule has 3 rings (SSSR count). The zero-order valence-electron chi connectivity index (χ0n) is 16.5. The average Bonchev–Trinajstić information content (AvgIpc) is 3.12. The zero-order chi connectivity index (χ0) is 20.1. The number of imidazole rings is 1. The van der Waals surface area contributed by atoms with Crippen LogP contribution in [-0.2, 0) is 7.05 Å². The minimum absolute atomic E-state index is 0.0134. The van der Waals surface area contributed by atoms with Crippen LogP contribution in [0.3, 0.4) is 0 Å². The molecule has 1 atom stereocenters. The Morgan fingerprint density at radius 3 is 2.46 bits per heavy atom. The normalized spacial score (nSPS) is 11.9. The van der Waals surface area contributed by atoms with Gasteiger partial charge in [0.05, 0.1) is 13.2 Å². The van der Waals surface area contributed by atoms with Crippen molar-refractivity contribution in [2.24, 2.45) is 7.05 Å². The van der Waals surface area contributed by atoms with Gasteiger partial charge in [0.25, 0.3) is 5.91 Å². The van der Waals surface area contributed by atoms with Crippen molar-refractivity contribution in [3.05, 3.63) is 77.9 Å². The van der Waals surface area contributed by atoms with E-state index in [9.17, 15) is 4.79 Å². The molecule has 0 spiro atoms. The fraction of sp³-hybridized carbons (Fsp3) is 0.273. The Kier molecular flexibility index (Phi) is 5.99. The molecule has 6 heteroatoms. The predicted octanol–water partition coefficient (Wildman–Crippen LogP) is 3.74. The van der Waals surface area contributed by atoms with Gasteiger partial charge in [0, 0.05) is 25.0 Å². The first-order chi connectivity index (χ1) is 13.5. The van der Waals surface area contributed by atoms with Crippen LogP contribution in [0.15, 0.2) is 60.9 Å². The van der Waals surface area contributed by atoms with Crippen LogP contribution >= 0.6 is 0 Å². The summed E-state index contributed by atoms with van der Waals surface area (Å²) in [5.74, 6) is 1.67. The highest BCUT2D eigenvalue weighted by atomic mass is 16.5. The van der Waals surface area contributed by atoms with E-state index in [-0.39, 0.29) is 18.1 Å². The van der Waals surface area contributed by atoms with Gasteiger partial charge < -0.3 is 19.4 Å². The van der Waals surface area contributed by atoms with E-state index in [0.717, 1.165) is 11.4 Å². The van der Waals surface area contributed by atoms with Crippen molar-refractivity contribution in [1.29, 1.82) is 0 Å². The average molecular weight is 379 g/mol. The van der Waals surface area contributed by atoms with Gasteiger partial charge in [-0.1, -0.05) is 30.3 Å². The molecule has 6 nitrogen and oxygen atoms in total. The first kappa shape index (κ1) is 19.5. The third-order valence-electron chi connectivity index (χ3n) is 4.31. The molecule has 0 saturated heterocycles. The maximum atomic E-state index is 13.0. The summed E-state index contributed by atoms with van der Waals surface area (Å²) in [6, 6.07) is 14.6. The van der Waals surface area contributed by atoms with E-state index in [1.807, 2.05) is 62.0 Å². The number of carbonyl (C=O) groups excluding carboxylic acids is 1. The molecule has 28 heavy (non-hydrogen) atoms. The fourth-order valence-corrected chi connectivity index (χ4v) is 2.97. The van der Waals surface area contributed by atoms with Gasteiger partial charge in [-0.3, -0.25) is 4.79 Å². The third-order valence-corrected chi connectivity index (χ3v) is 4.31. The molecule has 0 radical (unpaired) electrons. The van der Waals surface area contributed by atoms with Crippen LogP contribution in [0.25, 0.3) is 0 Å². The minimum atomic E-state index is -0.369. The monoisotopic (exact) mass is 379 g/mol. The van der Waals surface area contributed by atoms with Crippen LogP contribution < -0.4 is 14.8 Å². The quantitative estimate of drug-likeness (QED) is 0.679. The Morgan fingerprint density at radius 2 is 1.86 bits per heavy atom. The largest absolute Gasteiger partial charge is 0.493 e. The minimum Gasteiger partial charge on any atom is -0.493 e. The fourth-order valence-electron chi connectivity index (χ4n) is 2.97. The number of benzene rings is 2. The van der Waals surface area contributed by atoms with Crippen LogP contribution in [0.1, 0.15) is 41.6 Å². The lowest BCUT2D eigenvalue weighted by Gasteiger charge is -2.20. The van der Waals surface area contributed by atoms with E-state index in [2.05, 4.69) is 10.3 Å². The molecule has 1 unspecified atom stereocenters. The molecule has 1 heterocycles. The number of hydrogen-bond acceptors (Lipinski definition) is 4. The molecule has 0 aliphatic carbocycles. The molecule has 1 amide bonds. The molecular formula is C22H25N3O3. The highest BCUT2D eigenvalue weighted by Crippen LogP contribution is 2.29. The topological polar surface area (TPSA) is 65.4 Å². The lowest BCUT2D eigenvalue weighted by Crippen LogP contribution is -2.31. The number of aromatic nitrogens is 2. The van der Waals surface area contributed by atoms with Gasteiger partial charge in [-0.15, -0.1) is 0 Å². The Morgan fingerprint density at radius 1 is 1.11 bits per heavy atom. The second kappa shape index (κ2) is 8.61. The number of rotatable bonds is 7. The molecule has 0 saturated carbocycles. The first-order valence-electron chi connectivity index (χ1n) is 9.17. The van der Waals surface area contributed by atoms with Gasteiger partial charge in [-0.2, -0.15) is 0 Å². The summed E-state index contributed by atoms with van der Waals surface area (Å²) in [5.41, 5.74) is 1.44. The summed E-state index contributed by atoms with van der Waals surface area (Å²) in [6.45, 7) is 3.88. The molecule has 3 aromatic rings. The highest BCUT2D eigenvalue weighted by molar-refractivity contribution is 5.95. The second-order valence-electron chi connectivity index (χ2n) is 6.75. The zero-order valence-corrected chi connectivity index (χ0v) is 16.5. The Labute approximate surface area is 165 Å². The van der Waals surface area contributed by atoms with Crippen molar-refractivity contribution in [3.63, 3.8) is 0 Å². The molecular weight excluding hydrogens is 354 g/mol. The number of aryl methyl sites for hydroxylation is 1. The van der Waals surface area contributed by atoms with Crippen molar-refractivity contribution >= 4 is 5.91 Å². The van der Waals surface area contributed by atoms with Crippen molar-refractivity contribution in [2.45, 2.75) is 26.0 Å². The lowest BCUT2D eigenvalue weighted by atomic mass is 10.1. The summed E-state index contributed by atoms with van der Waals surface area (Å²) in [4.78, 5) is 17.4. The van der Waals surface area contributed by atoms with E-state index in [0.29, 0.717) is 17.1 Å². The van der Waals surface area contributed by atoms with E-state index in [1.54, 1.807) is 31.5 Å². The molecule has 1 aromatic heterocycles. The number of amides is 1. The van der Waals surface area contributed by atoms with Gasteiger partial charge in [0.15, 0.2) is 11.5 Å². The predicted molar refractivity (Wildman–Crippen MR) is 108 cm³/mol. The highest BCUT2D eigenvalue weighted by Gasteiger charge is 2.22. The SMILES string of the molecule is COc1cc(C(=O)NC(c2ccccc2)c2nccn2C)ccc1OC(C)C. The first-order valence-corrected chi connectivity index (χ1v) is 9.17. The molecule has 0 fully saturated rings. The van der Waals surface area contributed by atoms with Crippen LogP contribution in [0.5, 0.6) is 11.5 Å². The van der Waals surface area contributed by atoms with Crippen molar-refractivity contribution in [1.82, 2.24) is 14.9 Å². The smallest absolute Gasteiger partial charge is 0.252 e. The Hall–Kier alpha value is -3.28. The number of nitrogens with one attached hydrogen (secondary N) is 1. The third kappa shape index (κ3) is 4.34. The maximum Gasteiger partial charge on any atom is 0.252 e. The molecule has 146 valence electrons. The lowest BCUT2D eigenvalue weighted by molar-refractivity contribution is 0.0940. The molecule has 1 N–H and O–H groups in total. The summed E-state index contributed by atoms with van der Waals surface area (Å²) in [5, 5.41) is 3.09. The van der Waals surface area contributed by atoms with E-state index >= 15 is 0 Å². The van der Waals surface area contributed by atoms with Crippen molar-refractivity contribution in [3.8, 4) is 11.5 Å². The van der Waals surface area contributed by atoms with Crippen LogP contribution in [0.2, 0.25) is 0 Å². The van der Waals surface area contributed by atoms with Gasteiger partial charge in [0.1, 0.15) is 11.9 Å². The number of nitrogens with zero attached hydrogens (tertiary/aromatic N) is 2. The van der Waals surface area contributed by atoms with Crippen LogP contribution in [0, 0.1) is 0 Å². The number of carbonyl (C=O) groups is 1. The molecule has 0 aliphatic rings. The number of methoxy groups -OCH3 is 1. The van der Waals surface area contributed by atoms with Crippen LogP contribution in [0.4, 0.5) is 0 Å². The van der Waals surface area contributed by atoms with Gasteiger partial charge in [0.2, 0.25) is 0 Å². The van der Waals surface area contributed by atoms with Gasteiger partial charge in [-0.25, -0.2) is 4.98 Å². The summed E-state index contributed by atoms with van der Waals surface area (Å²) in [6.07, 6.45) is 3.59. The van der Waals surface area contributed by atoms with Crippen molar-refractivity contribution < 1.29 is 14.3 Å². The van der Waals surface area contributed by atoms with E-state index in [1.165, 1.54) is 0 Å². The number of ether oxygens (including phenoxy) is 2. The summed E-state index contributed by atoms with van der Waals surface area (Å²) in [7, 11) is 3.47. The molecule has 0 bridgehead atoms. The Bertz CT molecular complexity index is 935. The summed E-state index contributed by atoms with van der Waals surface area (Å²) >= 11 is 0. The maximum absolute atomic E-state index is 13.0. The standard InChI is InChI=1S/C22H25N3O3/c1-15(2)28-18-11-10-17(14-19(18)27-4)22(26)24-20(16-8-6-5-7-9-16)21-23-12-13-25(21)3/h5-15,20H,1-4H3,(H,24,26). The van der Waals surface area contributed by atoms with Gasteiger partial charge in [-0.05, 0) is 37.6 Å². The number of hydrogen-bond donors (Lipinski definition) is 1. The molecule has 2 aromatic carbocycles. The summed E-state index contributed by atoms with van der Waals surface area (Å²) < 4.78 is 13.0.